The molecule has 1 heterocycles. The predicted molar refractivity (Wildman–Crippen MR) is 87.1 cm³/mol. The second kappa shape index (κ2) is 6.61. The number of aryl methyl sites for hydroxylation is 1. The molecule has 1 N–H and O–H groups in total. The first kappa shape index (κ1) is 16.0. The van der Waals surface area contributed by atoms with E-state index in [1.165, 1.54) is 11.1 Å². The summed E-state index contributed by atoms with van der Waals surface area (Å²) in [5, 5.41) is 3.43. The summed E-state index contributed by atoms with van der Waals surface area (Å²) in [4.78, 5) is 14.9. The highest BCUT2D eigenvalue weighted by atomic mass is 16.2. The normalized spacial score (nSPS) is 21.0. The molecule has 0 aromatic heterocycles. The van der Waals surface area contributed by atoms with Gasteiger partial charge in [-0.2, -0.15) is 0 Å². The molecule has 0 bridgehead atoms. The number of piperidine rings is 1. The van der Waals surface area contributed by atoms with E-state index < -0.39 is 0 Å². The summed E-state index contributed by atoms with van der Waals surface area (Å²) in [5.41, 5.74) is 2.49. The Morgan fingerprint density at radius 3 is 2.81 bits per heavy atom. The standard InChI is InChI=1S/C18H28N2O/c1-5-20(13-15-9-6-8-14(2)12-15)17(21)16-18(3,4)10-7-11-19-16/h6,8-9,12,16,19H,5,7,10-11,13H2,1-4H3. The Bertz CT molecular complexity index is 496. The van der Waals surface area contributed by atoms with Crippen LogP contribution >= 0.6 is 0 Å². The van der Waals surface area contributed by atoms with Gasteiger partial charge in [0.2, 0.25) is 5.91 Å². The Kier molecular flexibility index (Phi) is 5.04. The highest BCUT2D eigenvalue weighted by Crippen LogP contribution is 2.31. The molecule has 2 rings (SSSR count). The zero-order valence-electron chi connectivity index (χ0n) is 13.8. The number of nitrogens with zero attached hydrogens (tertiary/aromatic N) is 1. The van der Waals surface area contributed by atoms with Crippen LogP contribution in [0, 0.1) is 12.3 Å². The molecule has 0 spiro atoms. The molecule has 3 nitrogen and oxygen atoms in total. The lowest BCUT2D eigenvalue weighted by atomic mass is 9.77. The maximum Gasteiger partial charge on any atom is 0.240 e. The van der Waals surface area contributed by atoms with Crippen molar-refractivity contribution in [2.75, 3.05) is 13.1 Å². The van der Waals surface area contributed by atoms with Crippen molar-refractivity contribution in [3.63, 3.8) is 0 Å². The molecule has 1 aliphatic rings. The van der Waals surface area contributed by atoms with E-state index in [1.807, 2.05) is 4.90 Å². The van der Waals surface area contributed by atoms with Crippen LogP contribution in [0.25, 0.3) is 0 Å². The van der Waals surface area contributed by atoms with Crippen LogP contribution in [0.15, 0.2) is 24.3 Å². The van der Waals surface area contributed by atoms with Gasteiger partial charge in [0.15, 0.2) is 0 Å². The molecule has 1 fully saturated rings. The molecule has 0 aliphatic carbocycles. The van der Waals surface area contributed by atoms with Gasteiger partial charge in [0.1, 0.15) is 0 Å². The van der Waals surface area contributed by atoms with Gasteiger partial charge in [-0.1, -0.05) is 43.7 Å². The first-order valence-corrected chi connectivity index (χ1v) is 8.02. The predicted octanol–water partition coefficient (Wildman–Crippen LogP) is 3.12. The number of rotatable bonds is 4. The lowest BCUT2D eigenvalue weighted by molar-refractivity contribution is -0.137. The van der Waals surface area contributed by atoms with Gasteiger partial charge in [-0.25, -0.2) is 0 Å². The third kappa shape index (κ3) is 3.85. The van der Waals surface area contributed by atoms with Crippen molar-refractivity contribution in [2.24, 2.45) is 5.41 Å². The summed E-state index contributed by atoms with van der Waals surface area (Å²) in [6, 6.07) is 8.35. The maximum atomic E-state index is 12.9. The van der Waals surface area contributed by atoms with Crippen LogP contribution in [-0.2, 0) is 11.3 Å². The van der Waals surface area contributed by atoms with Gasteiger partial charge in [-0.05, 0) is 44.2 Å². The van der Waals surface area contributed by atoms with E-state index in [4.69, 9.17) is 0 Å². The first-order valence-electron chi connectivity index (χ1n) is 8.02. The zero-order valence-corrected chi connectivity index (χ0v) is 13.8. The Morgan fingerprint density at radius 1 is 1.43 bits per heavy atom. The minimum Gasteiger partial charge on any atom is -0.337 e. The summed E-state index contributed by atoms with van der Waals surface area (Å²) in [6.07, 6.45) is 2.26. The minimum atomic E-state index is -0.0593. The average molecular weight is 288 g/mol. The van der Waals surface area contributed by atoms with Gasteiger partial charge in [0.25, 0.3) is 0 Å². The van der Waals surface area contributed by atoms with Crippen LogP contribution in [0.3, 0.4) is 0 Å². The van der Waals surface area contributed by atoms with E-state index in [1.54, 1.807) is 0 Å². The quantitative estimate of drug-likeness (QED) is 0.923. The van der Waals surface area contributed by atoms with Crippen LogP contribution in [0.5, 0.6) is 0 Å². The van der Waals surface area contributed by atoms with Crippen molar-refractivity contribution in [1.82, 2.24) is 10.2 Å². The lowest BCUT2D eigenvalue weighted by Gasteiger charge is -2.40. The molecule has 116 valence electrons. The van der Waals surface area contributed by atoms with Crippen LogP contribution in [0.2, 0.25) is 0 Å². The summed E-state index contributed by atoms with van der Waals surface area (Å²) in [6.45, 7) is 10.9. The fourth-order valence-corrected chi connectivity index (χ4v) is 3.19. The van der Waals surface area contributed by atoms with Gasteiger partial charge in [0, 0.05) is 13.1 Å². The van der Waals surface area contributed by atoms with Crippen molar-refractivity contribution in [3.8, 4) is 0 Å². The van der Waals surface area contributed by atoms with E-state index in [0.717, 1.165) is 25.9 Å². The third-order valence-corrected chi connectivity index (χ3v) is 4.52. The SMILES string of the molecule is CCN(Cc1cccc(C)c1)C(=O)C1NCCCC1(C)C. The van der Waals surface area contributed by atoms with Gasteiger partial charge in [-0.3, -0.25) is 4.79 Å². The van der Waals surface area contributed by atoms with E-state index in [9.17, 15) is 4.79 Å². The Hall–Kier alpha value is -1.35. The van der Waals surface area contributed by atoms with Gasteiger partial charge in [0.05, 0.1) is 6.04 Å². The molecular weight excluding hydrogens is 260 g/mol. The molecule has 0 radical (unpaired) electrons. The fourth-order valence-electron chi connectivity index (χ4n) is 3.19. The summed E-state index contributed by atoms with van der Waals surface area (Å²) in [7, 11) is 0. The van der Waals surface area contributed by atoms with E-state index in [2.05, 4.69) is 57.3 Å². The number of likely N-dealkylation sites (N-methyl/N-ethyl adjacent to an activating group) is 1. The van der Waals surface area contributed by atoms with Crippen LogP contribution < -0.4 is 5.32 Å². The molecule has 1 saturated heterocycles. The van der Waals surface area contributed by atoms with Crippen LogP contribution in [0.4, 0.5) is 0 Å². The second-order valence-electron chi connectivity index (χ2n) is 6.82. The van der Waals surface area contributed by atoms with Crippen molar-refractivity contribution in [3.05, 3.63) is 35.4 Å². The number of carbonyl (C=O) groups excluding carboxylic acids is 1. The smallest absolute Gasteiger partial charge is 0.240 e. The maximum absolute atomic E-state index is 12.9. The molecule has 1 aliphatic heterocycles. The number of hydrogen-bond donors (Lipinski definition) is 1. The van der Waals surface area contributed by atoms with Crippen LogP contribution in [0.1, 0.15) is 44.7 Å². The molecule has 3 heteroatoms. The second-order valence-corrected chi connectivity index (χ2v) is 6.82. The van der Waals surface area contributed by atoms with Crippen molar-refractivity contribution in [1.29, 1.82) is 0 Å². The monoisotopic (exact) mass is 288 g/mol. The molecule has 0 saturated carbocycles. The molecular formula is C18H28N2O. The average Bonchev–Trinajstić information content (AvgIpc) is 2.43. The van der Waals surface area contributed by atoms with E-state index in [-0.39, 0.29) is 17.4 Å². The third-order valence-electron chi connectivity index (χ3n) is 4.52. The van der Waals surface area contributed by atoms with Gasteiger partial charge in [-0.15, -0.1) is 0 Å². The summed E-state index contributed by atoms with van der Waals surface area (Å²) in [5.74, 6) is 0.240. The summed E-state index contributed by atoms with van der Waals surface area (Å²) >= 11 is 0. The van der Waals surface area contributed by atoms with Crippen LogP contribution in [-0.4, -0.2) is 29.9 Å². The molecule has 1 aromatic rings. The number of nitrogens with one attached hydrogen (secondary N) is 1. The molecule has 1 unspecified atom stereocenters. The van der Waals surface area contributed by atoms with E-state index >= 15 is 0 Å². The number of benzene rings is 1. The minimum absolute atomic E-state index is 0.0371. The first-order chi connectivity index (χ1) is 9.94. The van der Waals surface area contributed by atoms with Crippen molar-refractivity contribution < 1.29 is 4.79 Å². The van der Waals surface area contributed by atoms with Crippen molar-refractivity contribution in [2.45, 2.75) is 53.1 Å². The zero-order chi connectivity index (χ0) is 15.5. The lowest BCUT2D eigenvalue weighted by Crippen LogP contribution is -2.56. The topological polar surface area (TPSA) is 32.3 Å². The number of hydrogen-bond acceptors (Lipinski definition) is 2. The molecule has 1 atom stereocenters. The fraction of sp³-hybridized carbons (Fsp3) is 0.611. The van der Waals surface area contributed by atoms with Gasteiger partial charge < -0.3 is 10.2 Å². The number of carbonyl (C=O) groups is 1. The highest BCUT2D eigenvalue weighted by molar-refractivity contribution is 5.83. The molecule has 21 heavy (non-hydrogen) atoms. The molecule has 1 aromatic carbocycles. The summed E-state index contributed by atoms with van der Waals surface area (Å²) < 4.78 is 0. The Labute approximate surface area is 128 Å². The van der Waals surface area contributed by atoms with Crippen molar-refractivity contribution >= 4 is 5.91 Å². The van der Waals surface area contributed by atoms with E-state index in [0.29, 0.717) is 6.54 Å². The molecule has 1 amide bonds. The largest absolute Gasteiger partial charge is 0.337 e. The Morgan fingerprint density at radius 2 is 2.19 bits per heavy atom. The van der Waals surface area contributed by atoms with Gasteiger partial charge >= 0.3 is 0 Å². The highest BCUT2D eigenvalue weighted by Gasteiger charge is 2.38. The Balaban J connectivity index is 2.11. The number of amides is 1.